The minimum absolute atomic E-state index is 0.00526. The Kier molecular flexibility index (Phi) is 67.9. The number of hydrogen-bond donors (Lipinski definition) is 3. The number of unbranched alkanes of at least 4 members (excludes halogenated alkanes) is 51. The molecule has 6 heteroatoms. The number of allylic oxidation sites excluding steroid dienone is 6. The van der Waals surface area contributed by atoms with Crippen molar-refractivity contribution in [1.82, 2.24) is 5.32 Å². The van der Waals surface area contributed by atoms with Crippen molar-refractivity contribution in [3.8, 4) is 0 Å². The van der Waals surface area contributed by atoms with Crippen LogP contribution in [-0.2, 0) is 14.3 Å². The molecule has 2 unspecified atom stereocenters. The second-order valence-electron chi connectivity index (χ2n) is 24.9. The molecular weight excluding hydrogens is 983 g/mol. The van der Waals surface area contributed by atoms with Crippen molar-refractivity contribution in [2.45, 2.75) is 411 Å². The molecule has 472 valence electrons. The molecule has 0 heterocycles. The van der Waals surface area contributed by atoms with Gasteiger partial charge in [0.15, 0.2) is 0 Å². The SMILES string of the molecule is CCCCCC/C=C\CCCCCCCC(=O)OCCCCCCCCCCC/C=C\C/C=C\CCCCCCCCCCCCCCCCCCCC(=O)NC(CO)C(O)CCCCCCCCCCCCCCCCCCC. The van der Waals surface area contributed by atoms with Gasteiger partial charge in [-0.1, -0.05) is 339 Å². The summed E-state index contributed by atoms with van der Waals surface area (Å²) in [4.78, 5) is 24.6. The van der Waals surface area contributed by atoms with E-state index in [0.29, 0.717) is 25.9 Å². The van der Waals surface area contributed by atoms with Gasteiger partial charge in [-0.2, -0.15) is 0 Å². The number of nitrogens with one attached hydrogen (secondary N) is 1. The summed E-state index contributed by atoms with van der Waals surface area (Å²) in [5.74, 6) is -0.0245. The lowest BCUT2D eigenvalue weighted by Crippen LogP contribution is -2.45. The third kappa shape index (κ3) is 65.2. The van der Waals surface area contributed by atoms with Crippen LogP contribution in [0.25, 0.3) is 0 Å². The summed E-state index contributed by atoms with van der Waals surface area (Å²) in [5.41, 5.74) is 0. The smallest absolute Gasteiger partial charge is 0.305 e. The van der Waals surface area contributed by atoms with E-state index in [1.54, 1.807) is 0 Å². The van der Waals surface area contributed by atoms with Crippen LogP contribution in [0.4, 0.5) is 0 Å². The lowest BCUT2D eigenvalue weighted by atomic mass is 10.0. The van der Waals surface area contributed by atoms with Gasteiger partial charge in [-0.05, 0) is 83.5 Å². The number of carbonyl (C=O) groups is 2. The summed E-state index contributed by atoms with van der Waals surface area (Å²) < 4.78 is 5.48. The Labute approximate surface area is 500 Å². The fourth-order valence-corrected chi connectivity index (χ4v) is 11.4. The lowest BCUT2D eigenvalue weighted by molar-refractivity contribution is -0.143. The van der Waals surface area contributed by atoms with Crippen molar-refractivity contribution in [3.63, 3.8) is 0 Å². The van der Waals surface area contributed by atoms with E-state index >= 15 is 0 Å². The Bertz CT molecular complexity index is 1300. The quantitative estimate of drug-likeness (QED) is 0.0320. The monoisotopic (exact) mass is 1120 g/mol. The molecule has 0 aliphatic rings. The number of aliphatic hydroxyl groups is 2. The number of aliphatic hydroxyl groups excluding tert-OH is 2. The van der Waals surface area contributed by atoms with Gasteiger partial charge in [-0.25, -0.2) is 0 Å². The molecule has 0 bridgehead atoms. The summed E-state index contributed by atoms with van der Waals surface area (Å²) in [6.07, 6.45) is 89.2. The standard InChI is InChI=1S/C74H141NO5/c1-3-5-7-9-11-13-15-17-18-36-39-43-46-50-54-58-62-66-72(77)71(70-76)75-73(78)67-63-59-55-51-47-44-40-37-34-32-30-28-26-24-22-20-19-21-23-25-27-29-31-33-35-38-41-45-49-53-57-61-65-69-80-74(79)68-64-60-56-52-48-42-16-14-12-10-8-6-4-2/h14,16,23,25,29,31,71-72,76-77H,3-13,15,17-22,24,26-28,30,32-70H2,1-2H3,(H,75,78)/b16-14-,25-23-,31-29-. The van der Waals surface area contributed by atoms with Gasteiger partial charge in [0.05, 0.1) is 25.4 Å². The van der Waals surface area contributed by atoms with E-state index in [1.807, 2.05) is 0 Å². The molecule has 6 nitrogen and oxygen atoms in total. The van der Waals surface area contributed by atoms with Crippen LogP contribution in [0, 0.1) is 0 Å². The number of rotatable bonds is 68. The summed E-state index contributed by atoms with van der Waals surface area (Å²) >= 11 is 0. The minimum Gasteiger partial charge on any atom is -0.466 e. The predicted octanol–water partition coefficient (Wildman–Crippen LogP) is 23.5. The maximum Gasteiger partial charge on any atom is 0.305 e. The molecule has 0 aromatic carbocycles. The van der Waals surface area contributed by atoms with Crippen LogP contribution in [0.15, 0.2) is 36.5 Å². The molecule has 1 amide bonds. The first kappa shape index (κ1) is 78.1. The first-order chi connectivity index (χ1) is 39.5. The van der Waals surface area contributed by atoms with E-state index in [1.165, 1.54) is 315 Å². The highest BCUT2D eigenvalue weighted by atomic mass is 16.5. The maximum absolute atomic E-state index is 12.5. The first-order valence-corrected chi connectivity index (χ1v) is 36.2. The fourth-order valence-electron chi connectivity index (χ4n) is 11.4. The average Bonchev–Trinajstić information content (AvgIpc) is 3.46. The van der Waals surface area contributed by atoms with Crippen LogP contribution in [-0.4, -0.2) is 47.4 Å². The Morgan fingerprint density at radius 3 is 0.975 bits per heavy atom. The molecule has 80 heavy (non-hydrogen) atoms. The van der Waals surface area contributed by atoms with Gasteiger partial charge >= 0.3 is 5.97 Å². The van der Waals surface area contributed by atoms with E-state index < -0.39 is 12.1 Å². The lowest BCUT2D eigenvalue weighted by Gasteiger charge is -2.22. The van der Waals surface area contributed by atoms with Crippen LogP contribution < -0.4 is 5.32 Å². The zero-order chi connectivity index (χ0) is 57.8. The van der Waals surface area contributed by atoms with Crippen LogP contribution in [0.2, 0.25) is 0 Å². The van der Waals surface area contributed by atoms with Crippen molar-refractivity contribution in [3.05, 3.63) is 36.5 Å². The van der Waals surface area contributed by atoms with Gasteiger partial charge in [0.1, 0.15) is 0 Å². The molecular formula is C74H141NO5. The zero-order valence-electron chi connectivity index (χ0n) is 54.1. The molecule has 0 aliphatic heterocycles. The number of carbonyl (C=O) groups excluding carboxylic acids is 2. The number of ether oxygens (including phenoxy) is 1. The van der Waals surface area contributed by atoms with Crippen molar-refractivity contribution in [1.29, 1.82) is 0 Å². The molecule has 0 radical (unpaired) electrons. The van der Waals surface area contributed by atoms with E-state index in [9.17, 15) is 19.8 Å². The highest BCUT2D eigenvalue weighted by Gasteiger charge is 2.20. The van der Waals surface area contributed by atoms with Gasteiger partial charge in [-0.15, -0.1) is 0 Å². The summed E-state index contributed by atoms with van der Waals surface area (Å²) in [6, 6.07) is -0.540. The third-order valence-corrected chi connectivity index (χ3v) is 16.9. The van der Waals surface area contributed by atoms with Gasteiger partial charge in [-0.3, -0.25) is 9.59 Å². The maximum atomic E-state index is 12.5. The van der Waals surface area contributed by atoms with Crippen molar-refractivity contribution in [2.75, 3.05) is 13.2 Å². The summed E-state index contributed by atoms with van der Waals surface area (Å²) in [5, 5.41) is 23.4. The number of hydrogen-bond acceptors (Lipinski definition) is 5. The predicted molar refractivity (Wildman–Crippen MR) is 352 cm³/mol. The molecule has 0 fully saturated rings. The summed E-state index contributed by atoms with van der Waals surface area (Å²) in [7, 11) is 0. The molecule has 0 spiro atoms. The molecule has 0 saturated carbocycles. The topological polar surface area (TPSA) is 95.9 Å². The second-order valence-corrected chi connectivity index (χ2v) is 24.9. The molecule has 0 aromatic rings. The highest BCUT2D eigenvalue weighted by Crippen LogP contribution is 2.19. The number of amides is 1. The van der Waals surface area contributed by atoms with Crippen LogP contribution in [0.3, 0.4) is 0 Å². The van der Waals surface area contributed by atoms with Crippen molar-refractivity contribution in [2.24, 2.45) is 0 Å². The minimum atomic E-state index is -0.663. The normalized spacial score (nSPS) is 12.7. The van der Waals surface area contributed by atoms with Crippen LogP contribution >= 0.6 is 0 Å². The zero-order valence-corrected chi connectivity index (χ0v) is 54.1. The van der Waals surface area contributed by atoms with E-state index in [0.717, 1.165) is 51.4 Å². The third-order valence-electron chi connectivity index (χ3n) is 16.9. The first-order valence-electron chi connectivity index (χ1n) is 36.2. The average molecular weight is 1120 g/mol. The highest BCUT2D eigenvalue weighted by molar-refractivity contribution is 5.76. The van der Waals surface area contributed by atoms with Gasteiger partial charge in [0.25, 0.3) is 0 Å². The van der Waals surface area contributed by atoms with E-state index in [-0.39, 0.29) is 18.5 Å². The summed E-state index contributed by atoms with van der Waals surface area (Å²) in [6.45, 7) is 4.96. The molecule has 0 rings (SSSR count). The van der Waals surface area contributed by atoms with Crippen LogP contribution in [0.1, 0.15) is 399 Å². The van der Waals surface area contributed by atoms with E-state index in [2.05, 4.69) is 55.6 Å². The Morgan fingerprint density at radius 2 is 0.625 bits per heavy atom. The van der Waals surface area contributed by atoms with Gasteiger partial charge in [0.2, 0.25) is 5.91 Å². The second kappa shape index (κ2) is 69.6. The molecule has 0 aliphatic carbocycles. The van der Waals surface area contributed by atoms with Gasteiger partial charge < -0.3 is 20.3 Å². The molecule has 0 saturated heterocycles. The Hall–Kier alpha value is -1.92. The number of esters is 1. The largest absolute Gasteiger partial charge is 0.466 e. The van der Waals surface area contributed by atoms with Crippen molar-refractivity contribution < 1.29 is 24.5 Å². The Balaban J connectivity index is 3.38. The molecule has 2 atom stereocenters. The molecule has 3 N–H and O–H groups in total. The Morgan fingerprint density at radius 1 is 0.350 bits per heavy atom. The van der Waals surface area contributed by atoms with E-state index in [4.69, 9.17) is 4.74 Å². The van der Waals surface area contributed by atoms with Crippen LogP contribution in [0.5, 0.6) is 0 Å². The van der Waals surface area contributed by atoms with Gasteiger partial charge in [0, 0.05) is 12.8 Å². The van der Waals surface area contributed by atoms with Crippen molar-refractivity contribution >= 4 is 11.9 Å². The molecule has 0 aromatic heterocycles. The fraction of sp³-hybridized carbons (Fsp3) is 0.892.